The number of hydrogen-bond donors (Lipinski definition) is 1. The van der Waals surface area contributed by atoms with Gasteiger partial charge in [0.2, 0.25) is 0 Å². The average Bonchev–Trinajstić information content (AvgIpc) is 2.98. The Bertz CT molecular complexity index is 998. The summed E-state index contributed by atoms with van der Waals surface area (Å²) >= 11 is 7.07. The highest BCUT2D eigenvalue weighted by Gasteiger charge is 2.25. The lowest BCUT2D eigenvalue weighted by molar-refractivity contribution is -0.115. The van der Waals surface area contributed by atoms with Crippen LogP contribution < -0.4 is 14.8 Å². The topological polar surface area (TPSA) is 59.9 Å². The summed E-state index contributed by atoms with van der Waals surface area (Å²) in [6, 6.07) is 7.78. The van der Waals surface area contributed by atoms with Gasteiger partial charge in [0.05, 0.1) is 24.8 Å². The quantitative estimate of drug-likeness (QED) is 0.384. The van der Waals surface area contributed by atoms with Gasteiger partial charge in [0.15, 0.2) is 16.7 Å². The molecule has 0 saturated carbocycles. The molecule has 1 amide bonds. The third-order valence-corrected chi connectivity index (χ3v) is 6.85. The first-order chi connectivity index (χ1) is 13.3. The molecule has 1 aliphatic heterocycles. The highest BCUT2D eigenvalue weighted by molar-refractivity contribution is 14.1. The lowest BCUT2D eigenvalue weighted by Gasteiger charge is -2.11. The predicted octanol–water partition coefficient (Wildman–Crippen LogP) is 5.58. The number of amidine groups is 1. The van der Waals surface area contributed by atoms with Gasteiger partial charge in [0.25, 0.3) is 5.91 Å². The molecule has 1 saturated heterocycles. The summed E-state index contributed by atoms with van der Waals surface area (Å²) in [5, 5.41) is 3.38. The van der Waals surface area contributed by atoms with E-state index in [1.165, 1.54) is 11.8 Å². The summed E-state index contributed by atoms with van der Waals surface area (Å²) in [5.74, 6) is 1.03. The number of halogens is 2. The molecule has 8 heteroatoms. The van der Waals surface area contributed by atoms with E-state index in [4.69, 9.17) is 9.47 Å². The van der Waals surface area contributed by atoms with Gasteiger partial charge in [-0.15, -0.1) is 0 Å². The Morgan fingerprint density at radius 2 is 1.82 bits per heavy atom. The van der Waals surface area contributed by atoms with Gasteiger partial charge in [-0.05, 0) is 89.7 Å². The maximum absolute atomic E-state index is 12.4. The number of benzene rings is 2. The molecule has 0 aromatic heterocycles. The molecule has 1 N–H and O–H groups in total. The Labute approximate surface area is 190 Å². The number of rotatable bonds is 4. The molecule has 0 unspecified atom stereocenters. The first kappa shape index (κ1) is 21.2. The van der Waals surface area contributed by atoms with Gasteiger partial charge in [-0.1, -0.05) is 15.9 Å². The summed E-state index contributed by atoms with van der Waals surface area (Å²) in [6.07, 6.45) is 1.80. The van der Waals surface area contributed by atoms with E-state index in [0.717, 1.165) is 30.4 Å². The van der Waals surface area contributed by atoms with Crippen molar-refractivity contribution in [2.75, 3.05) is 14.2 Å². The minimum Gasteiger partial charge on any atom is -0.493 e. The molecule has 0 spiro atoms. The summed E-state index contributed by atoms with van der Waals surface area (Å²) in [6.45, 7) is 4.03. The van der Waals surface area contributed by atoms with Crippen LogP contribution in [-0.2, 0) is 4.79 Å². The van der Waals surface area contributed by atoms with E-state index < -0.39 is 0 Å². The average molecular weight is 573 g/mol. The van der Waals surface area contributed by atoms with Crippen molar-refractivity contribution in [1.82, 2.24) is 5.32 Å². The van der Waals surface area contributed by atoms with Crippen molar-refractivity contribution in [3.05, 3.63) is 53.9 Å². The first-order valence-electron chi connectivity index (χ1n) is 8.30. The summed E-state index contributed by atoms with van der Waals surface area (Å²) in [4.78, 5) is 17.6. The van der Waals surface area contributed by atoms with E-state index in [2.05, 4.69) is 48.8 Å². The van der Waals surface area contributed by atoms with Gasteiger partial charge in [0, 0.05) is 13.6 Å². The van der Waals surface area contributed by atoms with Crippen LogP contribution in [0.5, 0.6) is 11.5 Å². The molecule has 0 atom stereocenters. The molecule has 3 rings (SSSR count). The maximum atomic E-state index is 12.4. The third kappa shape index (κ3) is 4.55. The van der Waals surface area contributed by atoms with E-state index in [0.29, 0.717) is 21.6 Å². The number of thioether (sulfide) groups is 1. The van der Waals surface area contributed by atoms with E-state index in [-0.39, 0.29) is 5.91 Å². The molecular weight excluding hydrogens is 555 g/mol. The highest BCUT2D eigenvalue weighted by Crippen LogP contribution is 2.37. The molecule has 0 bridgehead atoms. The molecule has 1 heterocycles. The second kappa shape index (κ2) is 8.87. The summed E-state index contributed by atoms with van der Waals surface area (Å²) < 4.78 is 12.9. The fourth-order valence-electron chi connectivity index (χ4n) is 2.79. The number of hydrogen-bond acceptors (Lipinski definition) is 5. The zero-order valence-electron chi connectivity index (χ0n) is 15.7. The van der Waals surface area contributed by atoms with Gasteiger partial charge in [-0.25, -0.2) is 4.99 Å². The number of nitrogens with one attached hydrogen (secondary N) is 1. The maximum Gasteiger partial charge on any atom is 0.264 e. The van der Waals surface area contributed by atoms with Gasteiger partial charge in [0.1, 0.15) is 0 Å². The zero-order chi connectivity index (χ0) is 20.4. The lowest BCUT2D eigenvalue weighted by Crippen LogP contribution is -2.19. The van der Waals surface area contributed by atoms with Crippen molar-refractivity contribution < 1.29 is 14.3 Å². The van der Waals surface area contributed by atoms with E-state index in [9.17, 15) is 4.79 Å². The molecule has 2 aromatic rings. The lowest BCUT2D eigenvalue weighted by atomic mass is 10.1. The van der Waals surface area contributed by atoms with Crippen molar-refractivity contribution >= 4 is 73.1 Å². The molecule has 0 aliphatic carbocycles. The Kier molecular flexibility index (Phi) is 6.72. The van der Waals surface area contributed by atoms with Crippen LogP contribution in [-0.4, -0.2) is 25.3 Å². The second-order valence-corrected chi connectivity index (χ2v) is 9.18. The normalized spacial score (nSPS) is 16.6. The largest absolute Gasteiger partial charge is 0.493 e. The number of aliphatic imine (C=N–C) groups is 1. The molecule has 1 fully saturated rings. The van der Waals surface area contributed by atoms with Crippen LogP contribution >= 0.6 is 50.3 Å². The SMILES string of the molecule is COc1cc(I)cc(/C=C2\SC(=Nc3cc(C)c(Br)c(C)c3)NC2=O)c1OC. The Morgan fingerprint density at radius 3 is 2.43 bits per heavy atom. The van der Waals surface area contributed by atoms with Crippen LogP contribution in [0.3, 0.4) is 0 Å². The number of nitrogens with zero attached hydrogens (tertiary/aromatic N) is 1. The number of carbonyl (C=O) groups is 1. The minimum absolute atomic E-state index is 0.186. The molecule has 5 nitrogen and oxygen atoms in total. The Balaban J connectivity index is 1.94. The van der Waals surface area contributed by atoms with Gasteiger partial charge in [-0.2, -0.15) is 0 Å². The van der Waals surface area contributed by atoms with Crippen LogP contribution in [0.15, 0.2) is 38.6 Å². The van der Waals surface area contributed by atoms with Crippen LogP contribution in [0.25, 0.3) is 6.08 Å². The number of ether oxygens (including phenoxy) is 2. The molecule has 2 aromatic carbocycles. The summed E-state index contributed by atoms with van der Waals surface area (Å²) in [5.41, 5.74) is 3.77. The van der Waals surface area contributed by atoms with Crippen molar-refractivity contribution in [2.24, 2.45) is 4.99 Å². The van der Waals surface area contributed by atoms with Crippen LogP contribution in [0.1, 0.15) is 16.7 Å². The number of carbonyl (C=O) groups excluding carboxylic acids is 1. The monoisotopic (exact) mass is 572 g/mol. The smallest absolute Gasteiger partial charge is 0.264 e. The van der Waals surface area contributed by atoms with Crippen LogP contribution in [0, 0.1) is 17.4 Å². The van der Waals surface area contributed by atoms with Gasteiger partial charge in [-0.3, -0.25) is 4.79 Å². The first-order valence-corrected chi connectivity index (χ1v) is 11.0. The number of methoxy groups -OCH3 is 2. The van der Waals surface area contributed by atoms with E-state index in [1.807, 2.05) is 38.1 Å². The van der Waals surface area contributed by atoms with Crippen LogP contribution in [0.4, 0.5) is 5.69 Å². The Morgan fingerprint density at radius 1 is 1.14 bits per heavy atom. The highest BCUT2D eigenvalue weighted by atomic mass is 127. The minimum atomic E-state index is -0.186. The predicted molar refractivity (Wildman–Crippen MR) is 127 cm³/mol. The zero-order valence-corrected chi connectivity index (χ0v) is 20.3. The van der Waals surface area contributed by atoms with Gasteiger partial charge >= 0.3 is 0 Å². The van der Waals surface area contributed by atoms with Crippen molar-refractivity contribution in [2.45, 2.75) is 13.8 Å². The van der Waals surface area contributed by atoms with E-state index >= 15 is 0 Å². The van der Waals surface area contributed by atoms with Crippen molar-refractivity contribution in [1.29, 1.82) is 0 Å². The fraction of sp³-hybridized carbons (Fsp3) is 0.200. The number of aryl methyl sites for hydroxylation is 2. The molecule has 0 radical (unpaired) electrons. The molecule has 1 aliphatic rings. The molecule has 28 heavy (non-hydrogen) atoms. The third-order valence-electron chi connectivity index (χ3n) is 4.06. The second-order valence-electron chi connectivity index (χ2n) is 6.11. The van der Waals surface area contributed by atoms with E-state index in [1.54, 1.807) is 20.3 Å². The molecular formula is C20H18BrIN2O3S. The fourth-order valence-corrected chi connectivity index (χ4v) is 4.47. The summed E-state index contributed by atoms with van der Waals surface area (Å²) in [7, 11) is 3.18. The molecule has 146 valence electrons. The standard InChI is InChI=1S/C20H18BrIN2O3S/c1-10-5-14(6-11(2)17(10)21)23-20-24-19(25)16(28-20)8-12-7-13(22)9-15(26-3)18(12)27-4/h5-9H,1-4H3,(H,23,24,25)/b16-8-. The Hall–Kier alpha value is -1.52. The van der Waals surface area contributed by atoms with Crippen molar-refractivity contribution in [3.63, 3.8) is 0 Å². The van der Waals surface area contributed by atoms with Crippen LogP contribution in [0.2, 0.25) is 0 Å². The number of amides is 1. The van der Waals surface area contributed by atoms with Crippen molar-refractivity contribution in [3.8, 4) is 11.5 Å². The van der Waals surface area contributed by atoms with Gasteiger partial charge < -0.3 is 14.8 Å².